The molecule has 0 radical (unpaired) electrons. The van der Waals surface area contributed by atoms with Gasteiger partial charge in [-0.1, -0.05) is 6.92 Å². The van der Waals surface area contributed by atoms with E-state index < -0.39 is 5.60 Å². The molecule has 0 bridgehead atoms. The number of hydrogen-bond acceptors (Lipinski definition) is 3. The molecule has 2 fully saturated rings. The molecule has 0 spiro atoms. The van der Waals surface area contributed by atoms with Gasteiger partial charge in [0, 0.05) is 19.1 Å². The van der Waals surface area contributed by atoms with Crippen molar-refractivity contribution in [3.8, 4) is 0 Å². The lowest BCUT2D eigenvalue weighted by Crippen LogP contribution is -2.53. The van der Waals surface area contributed by atoms with Crippen molar-refractivity contribution in [2.75, 3.05) is 33.2 Å². The van der Waals surface area contributed by atoms with Crippen LogP contribution in [-0.4, -0.2) is 59.8 Å². The van der Waals surface area contributed by atoms with Crippen LogP contribution in [0.3, 0.4) is 0 Å². The molecule has 2 aliphatic rings. The molecule has 1 saturated heterocycles. The summed E-state index contributed by atoms with van der Waals surface area (Å²) in [6.45, 7) is 6.12. The van der Waals surface area contributed by atoms with Crippen molar-refractivity contribution >= 4 is 0 Å². The lowest BCUT2D eigenvalue weighted by Gasteiger charge is -2.41. The summed E-state index contributed by atoms with van der Waals surface area (Å²) in [4.78, 5) is 4.71. The van der Waals surface area contributed by atoms with Crippen LogP contribution in [0.5, 0.6) is 0 Å². The molecule has 1 atom stereocenters. The Hall–Kier alpha value is -0.120. The third-order valence-electron chi connectivity index (χ3n) is 3.80. The highest BCUT2D eigenvalue weighted by Crippen LogP contribution is 2.29. The molecular formula is C12H24N2O. The fourth-order valence-electron chi connectivity index (χ4n) is 2.71. The van der Waals surface area contributed by atoms with Gasteiger partial charge < -0.3 is 14.9 Å². The highest BCUT2D eigenvalue weighted by molar-refractivity contribution is 4.92. The van der Waals surface area contributed by atoms with Gasteiger partial charge in [-0.3, -0.25) is 0 Å². The smallest absolute Gasteiger partial charge is 0.0900 e. The van der Waals surface area contributed by atoms with Crippen LogP contribution in [0.1, 0.15) is 32.6 Å². The van der Waals surface area contributed by atoms with Crippen LogP contribution in [-0.2, 0) is 0 Å². The molecule has 0 aromatic rings. The van der Waals surface area contributed by atoms with E-state index in [0.717, 1.165) is 45.1 Å². The monoisotopic (exact) mass is 212 g/mol. The number of nitrogens with zero attached hydrogens (tertiary/aromatic N) is 2. The molecule has 1 saturated carbocycles. The second-order valence-electron chi connectivity index (χ2n) is 5.34. The summed E-state index contributed by atoms with van der Waals surface area (Å²) in [6.07, 6.45) is 4.76. The molecule has 15 heavy (non-hydrogen) atoms. The highest BCUT2D eigenvalue weighted by atomic mass is 16.3. The van der Waals surface area contributed by atoms with E-state index in [-0.39, 0.29) is 0 Å². The molecule has 2 rings (SSSR count). The third kappa shape index (κ3) is 2.92. The Bertz CT molecular complexity index is 218. The number of β-amino-alcohol motifs (C(OH)–C–C–N with tert-alkyl or cyclic N) is 1. The Labute approximate surface area is 93.1 Å². The summed E-state index contributed by atoms with van der Waals surface area (Å²) in [5.41, 5.74) is -0.453. The Morgan fingerprint density at radius 2 is 2.20 bits per heavy atom. The fraction of sp³-hybridized carbons (Fsp3) is 1.00. The third-order valence-corrected chi connectivity index (χ3v) is 3.80. The minimum absolute atomic E-state index is 0.453. The summed E-state index contributed by atoms with van der Waals surface area (Å²) in [7, 11) is 2.15. The van der Waals surface area contributed by atoms with E-state index in [9.17, 15) is 5.11 Å². The van der Waals surface area contributed by atoms with Gasteiger partial charge in [0.05, 0.1) is 5.60 Å². The van der Waals surface area contributed by atoms with Crippen molar-refractivity contribution in [1.29, 1.82) is 0 Å². The van der Waals surface area contributed by atoms with Crippen LogP contribution in [0.25, 0.3) is 0 Å². The molecule has 3 nitrogen and oxygen atoms in total. The maximum atomic E-state index is 10.5. The lowest BCUT2D eigenvalue weighted by atomic mass is 9.92. The number of hydrogen-bond donors (Lipinski definition) is 1. The van der Waals surface area contributed by atoms with Crippen molar-refractivity contribution in [2.45, 2.75) is 44.2 Å². The van der Waals surface area contributed by atoms with Gasteiger partial charge >= 0.3 is 0 Å². The van der Waals surface area contributed by atoms with E-state index in [4.69, 9.17) is 0 Å². The average molecular weight is 212 g/mol. The van der Waals surface area contributed by atoms with Crippen LogP contribution in [0.4, 0.5) is 0 Å². The standard InChI is InChI=1S/C12H24N2O/c1-3-14-8-4-7-12(15,10-14)9-13(2)11-5-6-11/h11,15H,3-10H2,1-2H3/t12-/m1/s1. The fourth-order valence-corrected chi connectivity index (χ4v) is 2.71. The van der Waals surface area contributed by atoms with Gasteiger partial charge in [-0.05, 0) is 45.8 Å². The van der Waals surface area contributed by atoms with Gasteiger partial charge in [0.15, 0.2) is 0 Å². The predicted octanol–water partition coefficient (Wildman–Crippen LogP) is 0.927. The molecule has 1 heterocycles. The SMILES string of the molecule is CCN1CCC[C@@](O)(CN(C)C2CC2)C1. The maximum absolute atomic E-state index is 10.5. The van der Waals surface area contributed by atoms with Crippen LogP contribution in [0.15, 0.2) is 0 Å². The van der Waals surface area contributed by atoms with Crippen molar-refractivity contribution in [3.05, 3.63) is 0 Å². The first-order valence-corrected chi connectivity index (χ1v) is 6.28. The normalized spacial score (nSPS) is 33.6. The molecule has 1 aliphatic heterocycles. The van der Waals surface area contributed by atoms with E-state index in [0.29, 0.717) is 0 Å². The van der Waals surface area contributed by atoms with Gasteiger partial charge in [0.1, 0.15) is 0 Å². The summed E-state index contributed by atoms with van der Waals surface area (Å²) < 4.78 is 0. The minimum Gasteiger partial charge on any atom is -0.387 e. The second-order valence-corrected chi connectivity index (χ2v) is 5.34. The number of aliphatic hydroxyl groups is 1. The van der Waals surface area contributed by atoms with Crippen molar-refractivity contribution < 1.29 is 5.11 Å². The number of piperidine rings is 1. The molecule has 1 N–H and O–H groups in total. The van der Waals surface area contributed by atoms with Gasteiger partial charge in [-0.15, -0.1) is 0 Å². The van der Waals surface area contributed by atoms with Crippen LogP contribution in [0, 0.1) is 0 Å². The summed E-state index contributed by atoms with van der Waals surface area (Å²) in [6, 6.07) is 0.756. The average Bonchev–Trinajstić information content (AvgIpc) is 3.00. The second kappa shape index (κ2) is 4.40. The Morgan fingerprint density at radius 1 is 1.47 bits per heavy atom. The molecular weight excluding hydrogens is 188 g/mol. The Kier molecular flexibility index (Phi) is 3.33. The number of likely N-dealkylation sites (tertiary alicyclic amines) is 1. The molecule has 3 heteroatoms. The number of likely N-dealkylation sites (N-methyl/N-ethyl adjacent to an activating group) is 2. The quantitative estimate of drug-likeness (QED) is 0.751. The van der Waals surface area contributed by atoms with E-state index in [2.05, 4.69) is 23.8 Å². The summed E-state index contributed by atoms with van der Waals surface area (Å²) >= 11 is 0. The van der Waals surface area contributed by atoms with Gasteiger partial charge in [-0.25, -0.2) is 0 Å². The van der Waals surface area contributed by atoms with Crippen LogP contribution >= 0.6 is 0 Å². The lowest BCUT2D eigenvalue weighted by molar-refractivity contribution is -0.0493. The molecule has 88 valence electrons. The van der Waals surface area contributed by atoms with Gasteiger partial charge in [0.2, 0.25) is 0 Å². The van der Waals surface area contributed by atoms with E-state index in [1.807, 2.05) is 0 Å². The zero-order valence-corrected chi connectivity index (χ0v) is 10.1. The van der Waals surface area contributed by atoms with Gasteiger partial charge in [-0.2, -0.15) is 0 Å². The minimum atomic E-state index is -0.453. The summed E-state index contributed by atoms with van der Waals surface area (Å²) in [5.74, 6) is 0. The predicted molar refractivity (Wildman–Crippen MR) is 61.9 cm³/mol. The topological polar surface area (TPSA) is 26.7 Å². The van der Waals surface area contributed by atoms with Crippen molar-refractivity contribution in [2.24, 2.45) is 0 Å². The largest absolute Gasteiger partial charge is 0.387 e. The van der Waals surface area contributed by atoms with Gasteiger partial charge in [0.25, 0.3) is 0 Å². The van der Waals surface area contributed by atoms with Crippen molar-refractivity contribution in [1.82, 2.24) is 9.80 Å². The maximum Gasteiger partial charge on any atom is 0.0900 e. The highest BCUT2D eigenvalue weighted by Gasteiger charge is 2.37. The summed E-state index contributed by atoms with van der Waals surface area (Å²) in [5, 5.41) is 10.5. The number of rotatable bonds is 4. The molecule has 0 aromatic heterocycles. The molecule has 0 aromatic carbocycles. The molecule has 0 amide bonds. The first-order valence-electron chi connectivity index (χ1n) is 6.28. The van der Waals surface area contributed by atoms with E-state index >= 15 is 0 Å². The Balaban J connectivity index is 1.86. The van der Waals surface area contributed by atoms with E-state index in [1.54, 1.807) is 0 Å². The zero-order chi connectivity index (χ0) is 10.9. The first kappa shape index (κ1) is 11.4. The van der Waals surface area contributed by atoms with Crippen LogP contribution < -0.4 is 0 Å². The van der Waals surface area contributed by atoms with E-state index in [1.165, 1.54) is 12.8 Å². The molecule has 0 unspecified atom stereocenters. The zero-order valence-electron chi connectivity index (χ0n) is 10.1. The Morgan fingerprint density at radius 3 is 2.80 bits per heavy atom. The van der Waals surface area contributed by atoms with Crippen LogP contribution in [0.2, 0.25) is 0 Å². The van der Waals surface area contributed by atoms with Crippen molar-refractivity contribution in [3.63, 3.8) is 0 Å². The molecule has 1 aliphatic carbocycles. The first-order chi connectivity index (χ1) is 7.13.